The third-order valence-electron chi connectivity index (χ3n) is 6.04. The van der Waals surface area contributed by atoms with Crippen LogP contribution in [0.2, 0.25) is 0 Å². The normalized spacial score (nSPS) is 19.4. The molecule has 2 heterocycles. The van der Waals surface area contributed by atoms with Crippen LogP contribution in [0.1, 0.15) is 67.5 Å². The van der Waals surface area contributed by atoms with E-state index in [1.807, 2.05) is 19.2 Å². The highest BCUT2D eigenvalue weighted by molar-refractivity contribution is 6.07. The minimum atomic E-state index is -0.606. The number of carbonyl (C=O) groups excluding carboxylic acids is 2. The Kier molecular flexibility index (Phi) is 6.24. The van der Waals surface area contributed by atoms with Gasteiger partial charge in [-0.1, -0.05) is 37.5 Å². The molecule has 164 valence electrons. The molecule has 3 aromatic rings. The number of aromatic amines is 1. The van der Waals surface area contributed by atoms with Gasteiger partial charge in [0.2, 0.25) is 5.91 Å². The lowest BCUT2D eigenvalue weighted by Gasteiger charge is -2.23. The summed E-state index contributed by atoms with van der Waals surface area (Å²) < 4.78 is 1.73. The van der Waals surface area contributed by atoms with Crippen LogP contribution in [0.5, 0.6) is 0 Å². The van der Waals surface area contributed by atoms with Gasteiger partial charge in [0, 0.05) is 24.4 Å². The molecule has 0 bridgehead atoms. The van der Waals surface area contributed by atoms with Gasteiger partial charge in [0.25, 0.3) is 5.91 Å². The van der Waals surface area contributed by atoms with Gasteiger partial charge in [0.1, 0.15) is 6.04 Å². The summed E-state index contributed by atoms with van der Waals surface area (Å²) in [6.07, 6.45) is 6.78. The Labute approximate surface area is 180 Å². The van der Waals surface area contributed by atoms with E-state index in [4.69, 9.17) is 0 Å². The number of tetrazole rings is 1. The van der Waals surface area contributed by atoms with Crippen molar-refractivity contribution in [2.24, 2.45) is 7.05 Å². The third kappa shape index (κ3) is 4.42. The zero-order valence-corrected chi connectivity index (χ0v) is 17.8. The molecule has 3 atom stereocenters. The number of fused-ring (bicyclic) bond motifs is 1. The first-order valence-electron chi connectivity index (χ1n) is 10.8. The number of H-pyrrole nitrogens is 1. The summed E-state index contributed by atoms with van der Waals surface area (Å²) in [5.74, 6) is 0.228. The van der Waals surface area contributed by atoms with E-state index in [1.54, 1.807) is 16.9 Å². The van der Waals surface area contributed by atoms with Crippen LogP contribution >= 0.6 is 0 Å². The number of aryl methyl sites for hydroxylation is 1. The average molecular weight is 425 g/mol. The highest BCUT2D eigenvalue weighted by atomic mass is 16.2. The van der Waals surface area contributed by atoms with Crippen LogP contribution in [0, 0.1) is 0 Å². The molecule has 4 rings (SSSR count). The van der Waals surface area contributed by atoms with Crippen LogP contribution in [0.15, 0.2) is 24.4 Å². The molecule has 1 aliphatic carbocycles. The van der Waals surface area contributed by atoms with E-state index in [0.717, 1.165) is 43.0 Å². The molecule has 2 amide bonds. The highest BCUT2D eigenvalue weighted by Gasteiger charge is 2.34. The summed E-state index contributed by atoms with van der Waals surface area (Å²) in [4.78, 5) is 26.2. The number of carbonyl (C=O) groups is 2. The number of aromatic nitrogens is 6. The molecule has 0 saturated heterocycles. The molecule has 0 spiro atoms. The predicted octanol–water partition coefficient (Wildman–Crippen LogP) is 1.83. The summed E-state index contributed by atoms with van der Waals surface area (Å²) in [5, 5.41) is 25.4. The Morgan fingerprint density at radius 2 is 2.19 bits per heavy atom. The van der Waals surface area contributed by atoms with Gasteiger partial charge in [-0.05, 0) is 31.4 Å². The smallest absolute Gasteiger partial charge is 0.252 e. The second kappa shape index (κ2) is 9.23. The van der Waals surface area contributed by atoms with E-state index in [1.165, 1.54) is 0 Å². The maximum atomic E-state index is 13.1. The highest BCUT2D eigenvalue weighted by Crippen LogP contribution is 2.32. The summed E-state index contributed by atoms with van der Waals surface area (Å²) in [7, 11) is 1.84. The van der Waals surface area contributed by atoms with Crippen molar-refractivity contribution < 1.29 is 9.59 Å². The minimum absolute atomic E-state index is 0.0365. The Hall–Kier alpha value is -3.30. The van der Waals surface area contributed by atoms with Crippen LogP contribution in [0.3, 0.4) is 0 Å². The van der Waals surface area contributed by atoms with Crippen molar-refractivity contribution in [3.05, 3.63) is 35.8 Å². The summed E-state index contributed by atoms with van der Waals surface area (Å²) in [6, 6.07) is 4.84. The molecule has 3 N–H and O–H groups in total. The van der Waals surface area contributed by atoms with E-state index < -0.39 is 6.04 Å². The standard InChI is InChI=1S/C21H28N8O2/c1-3-4-9-17(21(31)23-16-10-5-8-14(16)19-25-27-28-26-19)24-20(30)13-7-6-11-18-15(13)12-22-29(18)2/h6-7,11-12,14,16-17H,3-5,8-10H2,1-2H3,(H,23,31)(H,24,30)(H,25,26,27,28)/t14-,16+,17+/m1/s1. The van der Waals surface area contributed by atoms with Gasteiger partial charge in [-0.15, -0.1) is 10.2 Å². The molecule has 1 saturated carbocycles. The maximum absolute atomic E-state index is 13.1. The fourth-order valence-electron chi connectivity index (χ4n) is 4.34. The number of unbranched alkanes of at least 4 members (excludes halogenated alkanes) is 1. The molecule has 31 heavy (non-hydrogen) atoms. The number of amides is 2. The molecule has 2 aromatic heterocycles. The Morgan fingerprint density at radius 1 is 1.32 bits per heavy atom. The van der Waals surface area contributed by atoms with Gasteiger partial charge in [-0.3, -0.25) is 14.3 Å². The third-order valence-corrected chi connectivity index (χ3v) is 6.04. The lowest BCUT2D eigenvalue weighted by Crippen LogP contribution is -2.50. The van der Waals surface area contributed by atoms with E-state index in [9.17, 15) is 9.59 Å². The summed E-state index contributed by atoms with van der Waals surface area (Å²) in [5.41, 5.74) is 1.39. The van der Waals surface area contributed by atoms with Crippen molar-refractivity contribution in [3.8, 4) is 0 Å². The molecule has 0 unspecified atom stereocenters. The molecule has 1 aromatic carbocycles. The number of nitrogens with zero attached hydrogens (tertiary/aromatic N) is 5. The first kappa shape index (κ1) is 21.0. The second-order valence-corrected chi connectivity index (χ2v) is 8.10. The number of rotatable bonds is 8. The Bertz CT molecular complexity index is 1050. The topological polar surface area (TPSA) is 130 Å². The summed E-state index contributed by atoms with van der Waals surface area (Å²) >= 11 is 0. The molecular formula is C21H28N8O2. The van der Waals surface area contributed by atoms with Crippen molar-refractivity contribution in [3.63, 3.8) is 0 Å². The molecular weight excluding hydrogens is 396 g/mol. The second-order valence-electron chi connectivity index (χ2n) is 8.10. The van der Waals surface area contributed by atoms with Crippen molar-refractivity contribution in [2.75, 3.05) is 0 Å². The van der Waals surface area contributed by atoms with Gasteiger partial charge in [0.05, 0.1) is 17.3 Å². The van der Waals surface area contributed by atoms with Crippen molar-refractivity contribution in [1.82, 2.24) is 41.0 Å². The molecule has 0 aliphatic heterocycles. The van der Waals surface area contributed by atoms with Crippen molar-refractivity contribution in [1.29, 1.82) is 0 Å². The number of nitrogens with one attached hydrogen (secondary N) is 3. The predicted molar refractivity (Wildman–Crippen MR) is 114 cm³/mol. The number of hydrogen-bond acceptors (Lipinski definition) is 6. The van der Waals surface area contributed by atoms with Gasteiger partial charge in [-0.25, -0.2) is 0 Å². The average Bonchev–Trinajstić information content (AvgIpc) is 3.52. The van der Waals surface area contributed by atoms with E-state index in [-0.39, 0.29) is 23.8 Å². The first-order valence-corrected chi connectivity index (χ1v) is 10.8. The van der Waals surface area contributed by atoms with Crippen LogP contribution in [0.4, 0.5) is 0 Å². The molecule has 0 radical (unpaired) electrons. The van der Waals surface area contributed by atoms with Crippen molar-refractivity contribution in [2.45, 2.75) is 63.5 Å². The van der Waals surface area contributed by atoms with Gasteiger partial charge < -0.3 is 10.6 Å². The number of benzene rings is 1. The quantitative estimate of drug-likeness (QED) is 0.506. The molecule has 10 heteroatoms. The van der Waals surface area contributed by atoms with Gasteiger partial charge in [0.15, 0.2) is 5.82 Å². The zero-order valence-electron chi connectivity index (χ0n) is 17.8. The zero-order chi connectivity index (χ0) is 21.8. The van der Waals surface area contributed by atoms with Crippen LogP contribution < -0.4 is 10.6 Å². The van der Waals surface area contributed by atoms with Crippen LogP contribution in [0.25, 0.3) is 10.9 Å². The van der Waals surface area contributed by atoms with Crippen LogP contribution in [-0.4, -0.2) is 54.3 Å². The van der Waals surface area contributed by atoms with E-state index >= 15 is 0 Å². The van der Waals surface area contributed by atoms with E-state index in [2.05, 4.69) is 43.3 Å². The fourth-order valence-corrected chi connectivity index (χ4v) is 4.34. The minimum Gasteiger partial charge on any atom is -0.351 e. The van der Waals surface area contributed by atoms with Gasteiger partial charge >= 0.3 is 0 Å². The Morgan fingerprint density at radius 3 is 2.97 bits per heavy atom. The van der Waals surface area contributed by atoms with Gasteiger partial charge in [-0.2, -0.15) is 10.3 Å². The summed E-state index contributed by atoms with van der Waals surface area (Å²) in [6.45, 7) is 2.07. The largest absolute Gasteiger partial charge is 0.351 e. The van der Waals surface area contributed by atoms with Crippen molar-refractivity contribution >= 4 is 22.7 Å². The number of hydrogen-bond donors (Lipinski definition) is 3. The molecule has 1 fully saturated rings. The van der Waals surface area contributed by atoms with E-state index in [0.29, 0.717) is 17.8 Å². The maximum Gasteiger partial charge on any atom is 0.252 e. The molecule has 1 aliphatic rings. The lowest BCUT2D eigenvalue weighted by molar-refractivity contribution is -0.124. The first-order chi connectivity index (χ1) is 15.1. The van der Waals surface area contributed by atoms with Crippen LogP contribution in [-0.2, 0) is 11.8 Å². The lowest BCUT2D eigenvalue weighted by atomic mass is 10.0. The Balaban J connectivity index is 1.48. The SMILES string of the molecule is CCCC[C@H](NC(=O)c1cccc2c1cnn2C)C(=O)N[C@H]1CCC[C@H]1c1nn[nH]n1. The fraction of sp³-hybridized carbons (Fsp3) is 0.524. The molecule has 10 nitrogen and oxygen atoms in total. The monoisotopic (exact) mass is 424 g/mol.